The second-order valence-electron chi connectivity index (χ2n) is 9.87. The van der Waals surface area contributed by atoms with Crippen LogP contribution >= 0.6 is 38.5 Å². The number of halogens is 4. The van der Waals surface area contributed by atoms with Crippen molar-refractivity contribution in [2.45, 2.75) is 51.8 Å². The average molecular weight is 742 g/mol. The summed E-state index contributed by atoms with van der Waals surface area (Å²) in [5.74, 6) is -2.22. The van der Waals surface area contributed by atoms with Gasteiger partial charge in [0.15, 0.2) is 0 Å². The third-order valence-corrected chi connectivity index (χ3v) is 7.48. The first kappa shape index (κ1) is 33.1. The molecule has 0 spiro atoms. The van der Waals surface area contributed by atoms with E-state index in [-0.39, 0.29) is 24.4 Å². The Morgan fingerprint density at radius 1 is 0.976 bits per heavy atom. The molecule has 0 heterocycles. The first-order valence-electron chi connectivity index (χ1n) is 13.6. The van der Waals surface area contributed by atoms with E-state index in [9.17, 15) is 18.4 Å². The Balaban J connectivity index is 1.81. The van der Waals surface area contributed by atoms with Crippen LogP contribution in [0.4, 0.5) is 8.78 Å². The summed E-state index contributed by atoms with van der Waals surface area (Å²) in [5.41, 5.74) is 8.43. The monoisotopic (exact) mass is 741 g/mol. The van der Waals surface area contributed by atoms with Gasteiger partial charge in [-0.05, 0) is 95.4 Å². The Hall–Kier alpha value is -2.41. The lowest BCUT2D eigenvalue weighted by Crippen LogP contribution is -2.46. The lowest BCUT2D eigenvalue weighted by atomic mass is 10.0. The van der Waals surface area contributed by atoms with Gasteiger partial charge >= 0.3 is 5.97 Å². The van der Waals surface area contributed by atoms with E-state index in [1.54, 1.807) is 17.0 Å². The Morgan fingerprint density at radius 3 is 2.27 bits per heavy atom. The topological polar surface area (TPSA) is 84.7 Å². The predicted octanol–water partition coefficient (Wildman–Crippen LogP) is 6.48. The van der Waals surface area contributed by atoms with E-state index in [2.05, 4.69) is 43.8 Å². The number of carbonyl (C=O) groups is 2. The first-order chi connectivity index (χ1) is 19.6. The summed E-state index contributed by atoms with van der Waals surface area (Å²) >= 11 is 5.65. The Morgan fingerprint density at radius 2 is 1.63 bits per heavy atom. The molecule has 0 aliphatic heterocycles. The summed E-state index contributed by atoms with van der Waals surface area (Å²) < 4.78 is 35.2. The summed E-state index contributed by atoms with van der Waals surface area (Å²) in [6.07, 6.45) is 0.895. The molecule has 0 saturated heterocycles. The SMILES string of the molecule is CCCN(CCC)C(=O)c1cc(Br)cc(C(=O)OC(CNCc2cccc(I)c2)C(N)Cc2cc(F)cc(F)c2)c1. The lowest BCUT2D eigenvalue weighted by molar-refractivity contribution is 0.0238. The minimum Gasteiger partial charge on any atom is -0.456 e. The van der Waals surface area contributed by atoms with Crippen LogP contribution in [0.25, 0.3) is 0 Å². The fourth-order valence-corrected chi connectivity index (χ4v) is 5.59. The van der Waals surface area contributed by atoms with Gasteiger partial charge in [0.1, 0.15) is 17.7 Å². The number of benzene rings is 3. The van der Waals surface area contributed by atoms with Gasteiger partial charge in [0.05, 0.1) is 5.56 Å². The third-order valence-electron chi connectivity index (χ3n) is 6.35. The molecule has 2 unspecified atom stereocenters. The Kier molecular flexibility index (Phi) is 13.1. The van der Waals surface area contributed by atoms with Crippen LogP contribution in [-0.2, 0) is 17.7 Å². The van der Waals surface area contributed by atoms with Crippen molar-refractivity contribution < 1.29 is 23.1 Å². The van der Waals surface area contributed by atoms with Crippen LogP contribution in [0, 0.1) is 15.2 Å². The van der Waals surface area contributed by atoms with Crippen molar-refractivity contribution in [3.05, 3.63) is 103 Å². The molecule has 0 aliphatic carbocycles. The van der Waals surface area contributed by atoms with Crippen molar-refractivity contribution in [1.29, 1.82) is 0 Å². The maximum Gasteiger partial charge on any atom is 0.338 e. The molecule has 0 aliphatic rings. The molecule has 0 fully saturated rings. The van der Waals surface area contributed by atoms with Crippen LogP contribution < -0.4 is 11.1 Å². The largest absolute Gasteiger partial charge is 0.456 e. The molecule has 10 heteroatoms. The van der Waals surface area contributed by atoms with E-state index < -0.39 is 29.7 Å². The summed E-state index contributed by atoms with van der Waals surface area (Å²) in [4.78, 5) is 28.3. The molecular formula is C31H35BrF2IN3O3. The molecule has 6 nitrogen and oxygen atoms in total. The predicted molar refractivity (Wildman–Crippen MR) is 169 cm³/mol. The van der Waals surface area contributed by atoms with Crippen LogP contribution in [0.1, 0.15) is 58.5 Å². The number of nitrogens with zero attached hydrogens (tertiary/aromatic N) is 1. The number of carbonyl (C=O) groups excluding carboxylic acids is 2. The van der Waals surface area contributed by atoms with Gasteiger partial charge < -0.3 is 20.7 Å². The van der Waals surface area contributed by atoms with Gasteiger partial charge in [-0.3, -0.25) is 4.79 Å². The number of hydrogen-bond acceptors (Lipinski definition) is 5. The fourth-order valence-electron chi connectivity index (χ4n) is 4.49. The molecule has 220 valence electrons. The summed E-state index contributed by atoms with van der Waals surface area (Å²) in [6, 6.07) is 15.2. The lowest BCUT2D eigenvalue weighted by Gasteiger charge is -2.25. The molecular weight excluding hydrogens is 707 g/mol. The minimum absolute atomic E-state index is 0.0861. The van der Waals surface area contributed by atoms with Crippen molar-refractivity contribution in [3.8, 4) is 0 Å². The number of amides is 1. The fraction of sp³-hybridized carbons (Fsp3) is 0.355. The highest BCUT2D eigenvalue weighted by molar-refractivity contribution is 14.1. The first-order valence-corrected chi connectivity index (χ1v) is 15.4. The highest BCUT2D eigenvalue weighted by Crippen LogP contribution is 2.20. The number of rotatable bonds is 14. The number of nitrogens with one attached hydrogen (secondary N) is 1. The second kappa shape index (κ2) is 16.3. The van der Waals surface area contributed by atoms with E-state index in [0.29, 0.717) is 35.2 Å². The van der Waals surface area contributed by atoms with E-state index in [1.807, 2.05) is 38.1 Å². The molecule has 2 atom stereocenters. The molecule has 3 N–H and O–H groups in total. The molecule has 3 aromatic rings. The van der Waals surface area contributed by atoms with Gasteiger partial charge in [0.2, 0.25) is 0 Å². The molecule has 0 aromatic heterocycles. The molecule has 0 radical (unpaired) electrons. The standard InChI is InChI=1S/C31H35BrF2IN3O3/c1-3-8-38(9-4-2)30(39)22-14-23(16-24(32)15-22)31(40)41-29(19-37-18-20-6-5-7-27(35)12-20)28(36)13-21-10-25(33)17-26(34)11-21/h5-7,10-12,14-17,28-29,37H,3-4,8-9,13,18-19,36H2,1-2H3. The van der Waals surface area contributed by atoms with E-state index in [1.165, 1.54) is 18.2 Å². The average Bonchev–Trinajstić information content (AvgIpc) is 2.91. The summed E-state index contributed by atoms with van der Waals surface area (Å²) in [6.45, 7) is 5.95. The summed E-state index contributed by atoms with van der Waals surface area (Å²) in [5, 5.41) is 3.28. The van der Waals surface area contributed by atoms with Crippen molar-refractivity contribution >= 4 is 50.4 Å². The van der Waals surface area contributed by atoms with Gasteiger partial charge in [-0.15, -0.1) is 0 Å². The third kappa shape index (κ3) is 10.4. The van der Waals surface area contributed by atoms with Crippen molar-refractivity contribution in [2.75, 3.05) is 19.6 Å². The van der Waals surface area contributed by atoms with Crippen LogP contribution in [-0.4, -0.2) is 48.6 Å². The highest BCUT2D eigenvalue weighted by Gasteiger charge is 2.25. The van der Waals surface area contributed by atoms with Crippen molar-refractivity contribution in [1.82, 2.24) is 10.2 Å². The van der Waals surface area contributed by atoms with Gasteiger partial charge in [-0.25, -0.2) is 13.6 Å². The van der Waals surface area contributed by atoms with Gasteiger partial charge in [-0.1, -0.05) is 41.9 Å². The Bertz CT molecular complexity index is 1320. The zero-order chi connectivity index (χ0) is 29.9. The Labute approximate surface area is 262 Å². The molecule has 1 amide bonds. The van der Waals surface area contributed by atoms with Crippen LogP contribution in [0.5, 0.6) is 0 Å². The molecule has 3 aromatic carbocycles. The molecule has 3 rings (SSSR count). The quantitative estimate of drug-likeness (QED) is 0.146. The van der Waals surface area contributed by atoms with Crippen LogP contribution in [0.2, 0.25) is 0 Å². The second-order valence-corrected chi connectivity index (χ2v) is 12.0. The smallest absolute Gasteiger partial charge is 0.338 e. The van der Waals surface area contributed by atoms with Gasteiger partial charge in [-0.2, -0.15) is 0 Å². The molecule has 0 saturated carbocycles. The number of hydrogen-bond donors (Lipinski definition) is 2. The van der Waals surface area contributed by atoms with Crippen LogP contribution in [0.15, 0.2) is 65.1 Å². The maximum atomic E-state index is 13.8. The van der Waals surface area contributed by atoms with Crippen molar-refractivity contribution in [2.24, 2.45) is 5.73 Å². The van der Waals surface area contributed by atoms with Gasteiger partial charge in [0, 0.05) is 51.9 Å². The number of ether oxygens (including phenoxy) is 1. The van der Waals surface area contributed by atoms with E-state index >= 15 is 0 Å². The normalized spacial score (nSPS) is 12.6. The van der Waals surface area contributed by atoms with E-state index in [4.69, 9.17) is 10.5 Å². The zero-order valence-corrected chi connectivity index (χ0v) is 26.9. The number of nitrogens with two attached hydrogens (primary N) is 1. The van der Waals surface area contributed by atoms with E-state index in [0.717, 1.165) is 28.0 Å². The van der Waals surface area contributed by atoms with Crippen LogP contribution in [0.3, 0.4) is 0 Å². The summed E-state index contributed by atoms with van der Waals surface area (Å²) in [7, 11) is 0. The zero-order valence-electron chi connectivity index (χ0n) is 23.1. The van der Waals surface area contributed by atoms with Crippen molar-refractivity contribution in [3.63, 3.8) is 0 Å². The highest BCUT2D eigenvalue weighted by atomic mass is 127. The number of esters is 1. The molecule has 0 bridgehead atoms. The van der Waals surface area contributed by atoms with Gasteiger partial charge in [0.25, 0.3) is 5.91 Å². The maximum absolute atomic E-state index is 13.8. The minimum atomic E-state index is -0.827. The molecule has 41 heavy (non-hydrogen) atoms.